The molecule has 0 radical (unpaired) electrons. The van der Waals surface area contributed by atoms with Crippen molar-refractivity contribution in [2.75, 3.05) is 37.7 Å². The SMILES string of the molecule is O=C(Cc1ccccc1)N[C@@H](CO)C(=O)N1CCN(c2ccccc2)CC1. The van der Waals surface area contributed by atoms with Gasteiger partial charge in [-0.15, -0.1) is 0 Å². The van der Waals surface area contributed by atoms with Crippen LogP contribution in [0.1, 0.15) is 5.56 Å². The van der Waals surface area contributed by atoms with Crippen LogP contribution in [0, 0.1) is 0 Å². The number of rotatable bonds is 6. The largest absolute Gasteiger partial charge is 0.394 e. The Morgan fingerprint density at radius 2 is 1.52 bits per heavy atom. The molecule has 2 aromatic rings. The molecule has 1 heterocycles. The van der Waals surface area contributed by atoms with Gasteiger partial charge in [0.15, 0.2) is 0 Å². The lowest BCUT2D eigenvalue weighted by atomic mass is 10.1. The van der Waals surface area contributed by atoms with E-state index in [0.717, 1.165) is 24.3 Å². The fourth-order valence-electron chi connectivity index (χ4n) is 3.26. The van der Waals surface area contributed by atoms with Crippen LogP contribution in [0.25, 0.3) is 0 Å². The third-order valence-corrected chi connectivity index (χ3v) is 4.74. The molecule has 2 amide bonds. The van der Waals surface area contributed by atoms with Crippen molar-refractivity contribution in [1.29, 1.82) is 0 Å². The van der Waals surface area contributed by atoms with Gasteiger partial charge in [-0.05, 0) is 17.7 Å². The van der Waals surface area contributed by atoms with E-state index in [1.807, 2.05) is 48.5 Å². The average molecular weight is 367 g/mol. The summed E-state index contributed by atoms with van der Waals surface area (Å²) in [5.74, 6) is -0.497. The molecule has 0 aromatic heterocycles. The Labute approximate surface area is 159 Å². The Morgan fingerprint density at radius 3 is 2.11 bits per heavy atom. The van der Waals surface area contributed by atoms with Crippen molar-refractivity contribution in [3.8, 4) is 0 Å². The first-order valence-corrected chi connectivity index (χ1v) is 9.20. The molecule has 0 aliphatic carbocycles. The third kappa shape index (κ3) is 5.08. The lowest BCUT2D eigenvalue weighted by molar-refractivity contribution is -0.137. The number of nitrogens with one attached hydrogen (secondary N) is 1. The first kappa shape index (κ1) is 18.9. The van der Waals surface area contributed by atoms with Gasteiger partial charge in [0.05, 0.1) is 13.0 Å². The highest BCUT2D eigenvalue weighted by Gasteiger charge is 2.28. The molecule has 1 aliphatic heterocycles. The minimum atomic E-state index is -0.899. The standard InChI is InChI=1S/C21H25N3O3/c25-16-19(22-20(26)15-17-7-3-1-4-8-17)21(27)24-13-11-23(12-14-24)18-9-5-2-6-10-18/h1-10,19,25H,11-16H2,(H,22,26)/t19-/m0/s1. The Kier molecular flexibility index (Phi) is 6.44. The molecule has 0 spiro atoms. The van der Waals surface area contributed by atoms with Gasteiger partial charge in [0.25, 0.3) is 0 Å². The fourth-order valence-corrected chi connectivity index (χ4v) is 3.26. The van der Waals surface area contributed by atoms with Crippen molar-refractivity contribution in [3.05, 3.63) is 66.2 Å². The van der Waals surface area contributed by atoms with Crippen molar-refractivity contribution in [1.82, 2.24) is 10.2 Å². The van der Waals surface area contributed by atoms with Gasteiger partial charge in [-0.1, -0.05) is 48.5 Å². The molecular weight excluding hydrogens is 342 g/mol. The van der Waals surface area contributed by atoms with Gasteiger partial charge in [0.2, 0.25) is 11.8 Å². The van der Waals surface area contributed by atoms with Gasteiger partial charge in [-0.25, -0.2) is 0 Å². The summed E-state index contributed by atoms with van der Waals surface area (Å²) in [7, 11) is 0. The zero-order chi connectivity index (χ0) is 19.1. The zero-order valence-electron chi connectivity index (χ0n) is 15.3. The average Bonchev–Trinajstić information content (AvgIpc) is 2.73. The highest BCUT2D eigenvalue weighted by Crippen LogP contribution is 2.16. The number of aliphatic hydroxyl groups excluding tert-OH is 1. The van der Waals surface area contributed by atoms with E-state index in [-0.39, 0.29) is 18.2 Å². The van der Waals surface area contributed by atoms with Crippen molar-refractivity contribution < 1.29 is 14.7 Å². The molecule has 0 bridgehead atoms. The van der Waals surface area contributed by atoms with Crippen LogP contribution in [0.15, 0.2) is 60.7 Å². The maximum atomic E-state index is 12.7. The zero-order valence-corrected chi connectivity index (χ0v) is 15.3. The van der Waals surface area contributed by atoms with Gasteiger partial charge in [-0.2, -0.15) is 0 Å². The van der Waals surface area contributed by atoms with Crippen LogP contribution in [0.2, 0.25) is 0 Å². The number of para-hydroxylation sites is 1. The summed E-state index contributed by atoms with van der Waals surface area (Å²) in [5, 5.41) is 12.3. The first-order valence-electron chi connectivity index (χ1n) is 9.20. The molecule has 2 aromatic carbocycles. The Morgan fingerprint density at radius 1 is 0.926 bits per heavy atom. The molecule has 3 rings (SSSR count). The Bertz CT molecular complexity index is 744. The lowest BCUT2D eigenvalue weighted by Crippen LogP contribution is -2.56. The lowest BCUT2D eigenvalue weighted by Gasteiger charge is -2.37. The van der Waals surface area contributed by atoms with Gasteiger partial charge in [0, 0.05) is 31.9 Å². The number of hydrogen-bond donors (Lipinski definition) is 2. The molecule has 1 aliphatic rings. The minimum absolute atomic E-state index is 0.187. The van der Waals surface area contributed by atoms with E-state index in [0.29, 0.717) is 13.1 Å². The second-order valence-corrected chi connectivity index (χ2v) is 6.61. The molecule has 27 heavy (non-hydrogen) atoms. The van der Waals surface area contributed by atoms with E-state index in [1.165, 1.54) is 0 Å². The number of carbonyl (C=O) groups excluding carboxylic acids is 2. The summed E-state index contributed by atoms with van der Waals surface area (Å²) < 4.78 is 0. The summed E-state index contributed by atoms with van der Waals surface area (Å²) >= 11 is 0. The predicted octanol–water partition coefficient (Wildman–Crippen LogP) is 1.05. The second-order valence-electron chi connectivity index (χ2n) is 6.61. The minimum Gasteiger partial charge on any atom is -0.394 e. The Hall–Kier alpha value is -2.86. The van der Waals surface area contributed by atoms with Gasteiger partial charge in [0.1, 0.15) is 6.04 Å². The van der Waals surface area contributed by atoms with Crippen LogP contribution in [-0.2, 0) is 16.0 Å². The molecule has 0 saturated carbocycles. The summed E-state index contributed by atoms with van der Waals surface area (Å²) in [5.41, 5.74) is 2.01. The maximum absolute atomic E-state index is 12.7. The normalized spacial score (nSPS) is 15.3. The number of benzene rings is 2. The number of nitrogens with zero attached hydrogens (tertiary/aromatic N) is 2. The maximum Gasteiger partial charge on any atom is 0.247 e. The van der Waals surface area contributed by atoms with E-state index in [1.54, 1.807) is 4.90 Å². The Balaban J connectivity index is 1.52. The summed E-state index contributed by atoms with van der Waals surface area (Å²) in [4.78, 5) is 28.8. The van der Waals surface area contributed by atoms with E-state index < -0.39 is 12.6 Å². The number of anilines is 1. The molecule has 1 fully saturated rings. The van der Waals surface area contributed by atoms with Crippen LogP contribution in [0.3, 0.4) is 0 Å². The van der Waals surface area contributed by atoms with Crippen LogP contribution in [-0.4, -0.2) is 60.6 Å². The number of piperazine rings is 1. The third-order valence-electron chi connectivity index (χ3n) is 4.74. The van der Waals surface area contributed by atoms with Crippen LogP contribution < -0.4 is 10.2 Å². The van der Waals surface area contributed by atoms with Crippen LogP contribution >= 0.6 is 0 Å². The molecular formula is C21H25N3O3. The highest BCUT2D eigenvalue weighted by molar-refractivity contribution is 5.88. The number of hydrogen-bond acceptors (Lipinski definition) is 4. The molecule has 1 atom stereocenters. The van der Waals surface area contributed by atoms with Gasteiger partial charge < -0.3 is 20.2 Å². The predicted molar refractivity (Wildman–Crippen MR) is 104 cm³/mol. The van der Waals surface area contributed by atoms with Gasteiger partial charge in [-0.3, -0.25) is 9.59 Å². The van der Waals surface area contributed by atoms with E-state index in [9.17, 15) is 14.7 Å². The second kappa shape index (κ2) is 9.19. The molecule has 2 N–H and O–H groups in total. The quantitative estimate of drug-likeness (QED) is 0.801. The summed E-state index contributed by atoms with van der Waals surface area (Å²) in [6.45, 7) is 2.19. The molecule has 142 valence electrons. The molecule has 0 unspecified atom stereocenters. The number of aliphatic hydroxyl groups is 1. The fraction of sp³-hybridized carbons (Fsp3) is 0.333. The van der Waals surface area contributed by atoms with Crippen molar-refractivity contribution in [3.63, 3.8) is 0 Å². The van der Waals surface area contributed by atoms with Crippen molar-refractivity contribution in [2.45, 2.75) is 12.5 Å². The summed E-state index contributed by atoms with van der Waals surface area (Å²) in [6, 6.07) is 18.5. The number of amides is 2. The number of carbonyl (C=O) groups is 2. The first-order chi connectivity index (χ1) is 13.2. The van der Waals surface area contributed by atoms with Crippen molar-refractivity contribution in [2.24, 2.45) is 0 Å². The monoisotopic (exact) mass is 367 g/mol. The molecule has 1 saturated heterocycles. The molecule has 6 heteroatoms. The van der Waals surface area contributed by atoms with E-state index in [2.05, 4.69) is 22.3 Å². The highest BCUT2D eigenvalue weighted by atomic mass is 16.3. The molecule has 6 nitrogen and oxygen atoms in total. The van der Waals surface area contributed by atoms with Crippen molar-refractivity contribution >= 4 is 17.5 Å². The van der Waals surface area contributed by atoms with Crippen LogP contribution in [0.5, 0.6) is 0 Å². The summed E-state index contributed by atoms with van der Waals surface area (Å²) in [6.07, 6.45) is 0.187. The smallest absolute Gasteiger partial charge is 0.247 e. The van der Waals surface area contributed by atoms with E-state index in [4.69, 9.17) is 0 Å². The van der Waals surface area contributed by atoms with Crippen LogP contribution in [0.4, 0.5) is 5.69 Å². The topological polar surface area (TPSA) is 72.9 Å². The van der Waals surface area contributed by atoms with E-state index >= 15 is 0 Å². The van der Waals surface area contributed by atoms with Gasteiger partial charge >= 0.3 is 0 Å².